The van der Waals surface area contributed by atoms with E-state index in [9.17, 15) is 14.4 Å². The fourth-order valence-corrected chi connectivity index (χ4v) is 0.717. The van der Waals surface area contributed by atoms with Crippen molar-refractivity contribution in [1.82, 2.24) is 16.1 Å². The third-order valence-electron chi connectivity index (χ3n) is 1.16. The van der Waals surface area contributed by atoms with Gasteiger partial charge in [0.05, 0.1) is 0 Å². The number of hydrogen-bond donors (Lipinski definition) is 4. The number of thiocarbonyl (C=S) groups is 1. The smallest absolute Gasteiger partial charge is 0.328 e. The fourth-order valence-electron chi connectivity index (χ4n) is 0.672. The highest BCUT2D eigenvalue weighted by Crippen LogP contribution is 1.86. The summed E-state index contributed by atoms with van der Waals surface area (Å²) in [6.07, 6.45) is 0. The van der Waals surface area contributed by atoms with Crippen LogP contribution in [0.2, 0.25) is 0 Å². The summed E-state index contributed by atoms with van der Waals surface area (Å²) in [5.41, 5.74) is 6.55. The maximum atomic E-state index is 11.0. The van der Waals surface area contributed by atoms with Gasteiger partial charge in [0.2, 0.25) is 5.71 Å². The van der Waals surface area contributed by atoms with Gasteiger partial charge in [-0.2, -0.15) is 5.10 Å². The second-order valence-electron chi connectivity index (χ2n) is 2.17. The second kappa shape index (κ2) is 3.79. The molecule has 0 aromatic carbocycles. The number of amides is 4. The van der Waals surface area contributed by atoms with Crippen LogP contribution >= 0.6 is 12.2 Å². The molecule has 1 saturated heterocycles. The number of carbonyl (C=O) groups is 3. The van der Waals surface area contributed by atoms with Gasteiger partial charge in [-0.3, -0.25) is 25.6 Å². The van der Waals surface area contributed by atoms with E-state index in [-0.39, 0.29) is 5.11 Å². The van der Waals surface area contributed by atoms with Crippen molar-refractivity contribution in [3.05, 3.63) is 0 Å². The number of hydrazone groups is 1. The van der Waals surface area contributed by atoms with Crippen LogP contribution in [-0.4, -0.2) is 28.7 Å². The van der Waals surface area contributed by atoms with Gasteiger partial charge in [0.25, 0.3) is 11.8 Å². The lowest BCUT2D eigenvalue weighted by Gasteiger charge is -2.12. The number of rotatable bonds is 1. The summed E-state index contributed by atoms with van der Waals surface area (Å²) in [6.45, 7) is 0. The Morgan fingerprint density at radius 3 is 2.21 bits per heavy atom. The molecule has 8 nitrogen and oxygen atoms in total. The van der Waals surface area contributed by atoms with E-state index in [1.54, 1.807) is 0 Å². The van der Waals surface area contributed by atoms with Crippen molar-refractivity contribution in [2.75, 3.05) is 0 Å². The van der Waals surface area contributed by atoms with Gasteiger partial charge in [0, 0.05) is 0 Å². The van der Waals surface area contributed by atoms with Gasteiger partial charge in [-0.1, -0.05) is 0 Å². The van der Waals surface area contributed by atoms with E-state index in [0.29, 0.717) is 0 Å². The third-order valence-corrected chi connectivity index (χ3v) is 1.25. The number of urea groups is 1. The van der Waals surface area contributed by atoms with Crippen LogP contribution in [0.15, 0.2) is 5.10 Å². The lowest BCUT2D eigenvalue weighted by Crippen LogP contribution is -2.56. The molecular weight excluding hydrogens is 210 g/mol. The normalized spacial score (nSPS) is 15.7. The zero-order chi connectivity index (χ0) is 10.7. The standard InChI is InChI=1S/C5H5N5O3S/c6-4(14)10-9-1-2(11)7-5(13)8-3(1)12/h(H3,6,10,14)(H2,7,8,11,12,13). The van der Waals surface area contributed by atoms with Crippen LogP contribution in [0.5, 0.6) is 0 Å². The molecule has 0 bridgehead atoms. The van der Waals surface area contributed by atoms with E-state index in [1.807, 2.05) is 10.6 Å². The maximum Gasteiger partial charge on any atom is 0.328 e. The van der Waals surface area contributed by atoms with E-state index in [2.05, 4.69) is 22.7 Å². The SMILES string of the molecule is NC(=S)NN=C1C(=O)NC(=O)NC1=O. The van der Waals surface area contributed by atoms with Crippen LogP contribution in [-0.2, 0) is 9.59 Å². The average molecular weight is 215 g/mol. The Morgan fingerprint density at radius 1 is 1.29 bits per heavy atom. The summed E-state index contributed by atoms with van der Waals surface area (Å²) < 4.78 is 0. The second-order valence-corrected chi connectivity index (χ2v) is 2.61. The van der Waals surface area contributed by atoms with Gasteiger partial charge in [-0.25, -0.2) is 4.79 Å². The van der Waals surface area contributed by atoms with Crippen molar-refractivity contribution in [2.45, 2.75) is 0 Å². The highest BCUT2D eigenvalue weighted by molar-refractivity contribution is 7.80. The van der Waals surface area contributed by atoms with Crippen molar-refractivity contribution in [3.8, 4) is 0 Å². The first-order chi connectivity index (χ1) is 6.50. The average Bonchev–Trinajstić information content (AvgIpc) is 2.01. The molecule has 0 aromatic heterocycles. The van der Waals surface area contributed by atoms with Crippen LogP contribution in [0.4, 0.5) is 4.79 Å². The van der Waals surface area contributed by atoms with Crippen molar-refractivity contribution >= 4 is 40.9 Å². The summed E-state index contributed by atoms with van der Waals surface area (Å²) in [5, 5.41) is 6.74. The zero-order valence-corrected chi connectivity index (χ0v) is 7.47. The molecule has 0 radical (unpaired) electrons. The Balaban J connectivity index is 2.82. The Morgan fingerprint density at radius 2 is 1.79 bits per heavy atom. The lowest BCUT2D eigenvalue weighted by atomic mass is 10.3. The Hall–Kier alpha value is -2.03. The van der Waals surface area contributed by atoms with Gasteiger partial charge in [0.1, 0.15) is 0 Å². The van der Waals surface area contributed by atoms with Crippen LogP contribution in [0, 0.1) is 0 Å². The Kier molecular flexibility index (Phi) is 2.72. The summed E-state index contributed by atoms with van der Waals surface area (Å²) in [4.78, 5) is 32.5. The molecule has 1 heterocycles. The molecule has 1 aliphatic rings. The quantitative estimate of drug-likeness (QED) is 0.284. The largest absolute Gasteiger partial charge is 0.375 e. The molecule has 4 amide bonds. The van der Waals surface area contributed by atoms with E-state index in [0.717, 1.165) is 0 Å². The zero-order valence-electron chi connectivity index (χ0n) is 6.66. The molecule has 0 spiro atoms. The number of carbonyl (C=O) groups excluding carboxylic acids is 3. The predicted octanol–water partition coefficient (Wildman–Crippen LogP) is -2.46. The molecule has 1 fully saturated rings. The van der Waals surface area contributed by atoms with E-state index >= 15 is 0 Å². The van der Waals surface area contributed by atoms with Crippen molar-refractivity contribution in [3.63, 3.8) is 0 Å². The van der Waals surface area contributed by atoms with E-state index in [1.165, 1.54) is 0 Å². The molecule has 74 valence electrons. The lowest BCUT2D eigenvalue weighted by molar-refractivity contribution is -0.119. The minimum Gasteiger partial charge on any atom is -0.375 e. The number of hydrogen-bond acceptors (Lipinski definition) is 5. The third kappa shape index (κ3) is 2.23. The molecule has 0 atom stereocenters. The monoisotopic (exact) mass is 215 g/mol. The molecule has 0 unspecified atom stereocenters. The Bertz CT molecular complexity index is 340. The summed E-state index contributed by atoms with van der Waals surface area (Å²) in [5.74, 6) is -1.83. The van der Waals surface area contributed by atoms with Gasteiger partial charge >= 0.3 is 6.03 Å². The van der Waals surface area contributed by atoms with Crippen molar-refractivity contribution in [1.29, 1.82) is 0 Å². The number of nitrogens with two attached hydrogens (primary N) is 1. The molecule has 0 saturated carbocycles. The van der Waals surface area contributed by atoms with Crippen molar-refractivity contribution < 1.29 is 14.4 Å². The molecular formula is C5H5N5O3S. The molecule has 14 heavy (non-hydrogen) atoms. The predicted molar refractivity (Wildman–Crippen MR) is 49.0 cm³/mol. The summed E-state index contributed by atoms with van der Waals surface area (Å²) in [6, 6.07) is -0.894. The fraction of sp³-hybridized carbons (Fsp3) is 0. The topological polar surface area (TPSA) is 126 Å². The van der Waals surface area contributed by atoms with Gasteiger partial charge < -0.3 is 5.73 Å². The van der Waals surface area contributed by atoms with Crippen molar-refractivity contribution in [2.24, 2.45) is 10.8 Å². The molecule has 1 aliphatic heterocycles. The van der Waals surface area contributed by atoms with Gasteiger partial charge in [-0.15, -0.1) is 0 Å². The van der Waals surface area contributed by atoms with E-state index < -0.39 is 23.6 Å². The number of nitrogens with zero attached hydrogens (tertiary/aromatic N) is 1. The maximum absolute atomic E-state index is 11.0. The van der Waals surface area contributed by atoms with Crippen LogP contribution in [0.3, 0.4) is 0 Å². The first-order valence-electron chi connectivity index (χ1n) is 3.30. The van der Waals surface area contributed by atoms with Crippen LogP contribution in [0.1, 0.15) is 0 Å². The summed E-state index contributed by atoms with van der Waals surface area (Å²) >= 11 is 4.39. The first-order valence-corrected chi connectivity index (χ1v) is 3.71. The highest BCUT2D eigenvalue weighted by atomic mass is 32.1. The molecule has 0 aliphatic carbocycles. The Labute approximate surface area is 82.9 Å². The van der Waals surface area contributed by atoms with Gasteiger partial charge in [-0.05, 0) is 12.2 Å². The number of barbiturate groups is 1. The van der Waals surface area contributed by atoms with E-state index in [4.69, 9.17) is 5.73 Å². The van der Waals surface area contributed by atoms with Crippen LogP contribution in [0.25, 0.3) is 0 Å². The first kappa shape index (κ1) is 10.1. The minimum absolute atomic E-state index is 0.199. The van der Waals surface area contributed by atoms with Crippen LogP contribution < -0.4 is 21.8 Å². The number of imide groups is 2. The van der Waals surface area contributed by atoms with Gasteiger partial charge in [0.15, 0.2) is 5.11 Å². The molecule has 0 aromatic rings. The summed E-state index contributed by atoms with van der Waals surface area (Å²) in [7, 11) is 0. The molecule has 5 N–H and O–H groups in total. The molecule has 9 heteroatoms. The number of nitrogens with one attached hydrogen (secondary N) is 3. The highest BCUT2D eigenvalue weighted by Gasteiger charge is 2.29. The minimum atomic E-state index is -0.914. The molecule has 1 rings (SSSR count).